The van der Waals surface area contributed by atoms with Gasteiger partial charge in [0.2, 0.25) is 0 Å². The highest BCUT2D eigenvalue weighted by molar-refractivity contribution is 7.22. The first kappa shape index (κ1) is 28.4. The van der Waals surface area contributed by atoms with E-state index >= 15 is 0 Å². The van der Waals surface area contributed by atoms with Crippen molar-refractivity contribution < 1.29 is 24.2 Å². The average Bonchev–Trinajstić information content (AvgIpc) is 3.64. The van der Waals surface area contributed by atoms with E-state index in [1.54, 1.807) is 18.2 Å². The highest BCUT2D eigenvalue weighted by Crippen LogP contribution is 2.46. The zero-order chi connectivity index (χ0) is 30.4. The Kier molecular flexibility index (Phi) is 7.39. The van der Waals surface area contributed by atoms with E-state index in [0.717, 1.165) is 27.8 Å². The number of nitrogens with zero attached hydrogens (tertiary/aromatic N) is 4. The van der Waals surface area contributed by atoms with Gasteiger partial charge in [0, 0.05) is 6.20 Å². The Balaban J connectivity index is 1.59. The monoisotopic (exact) mass is 596 g/mol. The van der Waals surface area contributed by atoms with E-state index < -0.39 is 17.7 Å². The second kappa shape index (κ2) is 11.2. The number of anilines is 1. The largest absolute Gasteiger partial charge is 0.505 e. The quantitative estimate of drug-likeness (QED) is 0.121. The van der Waals surface area contributed by atoms with Crippen molar-refractivity contribution in [2.75, 3.05) is 18.1 Å². The van der Waals surface area contributed by atoms with Gasteiger partial charge in [0.15, 0.2) is 22.4 Å². The summed E-state index contributed by atoms with van der Waals surface area (Å²) in [5.41, 5.74) is 4.75. The van der Waals surface area contributed by atoms with Crippen molar-refractivity contribution in [3.05, 3.63) is 88.4 Å². The number of carbonyl (C=O) groups is 2. The number of ketones is 1. The standard InChI is InChI=1S/C33H32N4O5S/c1-6-15-42-23-13-11-21(17-24(23)41-7-2)28-26(29(38)27-20(5)36-14-8-9-19(4)31(36)35-27)30(39)32(40)37(28)33-34-22-12-10-18(3)16-25(22)43-33/h8-14,16-17,28,38H,6-7,15H2,1-5H3/b29-26+. The number of rotatable bonds is 8. The van der Waals surface area contributed by atoms with Gasteiger partial charge < -0.3 is 19.0 Å². The zero-order valence-corrected chi connectivity index (χ0v) is 25.5. The summed E-state index contributed by atoms with van der Waals surface area (Å²) in [6.45, 7) is 10.5. The molecule has 0 bridgehead atoms. The van der Waals surface area contributed by atoms with Crippen LogP contribution in [-0.4, -0.2) is 44.4 Å². The molecule has 1 aliphatic heterocycles. The number of hydrogen-bond donors (Lipinski definition) is 1. The average molecular weight is 597 g/mol. The summed E-state index contributed by atoms with van der Waals surface area (Å²) in [6, 6.07) is 14.0. The number of aryl methyl sites for hydroxylation is 3. The molecular formula is C33H32N4O5S. The number of amides is 1. The second-order valence-electron chi connectivity index (χ2n) is 10.6. The summed E-state index contributed by atoms with van der Waals surface area (Å²) in [6.07, 6.45) is 2.67. The SMILES string of the molecule is CCCOc1ccc(C2/C(=C(\O)c3nc4c(C)cccn4c3C)C(=O)C(=O)N2c2nc3ccc(C)cc3s2)cc1OCC. The van der Waals surface area contributed by atoms with Crippen molar-refractivity contribution in [1.29, 1.82) is 0 Å². The number of imidazole rings is 1. The molecule has 0 saturated carbocycles. The van der Waals surface area contributed by atoms with Gasteiger partial charge in [-0.2, -0.15) is 0 Å². The lowest BCUT2D eigenvalue weighted by Gasteiger charge is -2.24. The van der Waals surface area contributed by atoms with Crippen molar-refractivity contribution in [1.82, 2.24) is 14.4 Å². The molecule has 1 amide bonds. The molecule has 1 saturated heterocycles. The van der Waals surface area contributed by atoms with Gasteiger partial charge in [0.25, 0.3) is 5.78 Å². The predicted molar refractivity (Wildman–Crippen MR) is 167 cm³/mol. The highest BCUT2D eigenvalue weighted by atomic mass is 32.1. The van der Waals surface area contributed by atoms with E-state index in [9.17, 15) is 14.7 Å². The van der Waals surface area contributed by atoms with Gasteiger partial charge in [0.1, 0.15) is 11.3 Å². The normalized spacial score (nSPS) is 16.5. The van der Waals surface area contributed by atoms with Crippen LogP contribution in [0.1, 0.15) is 54.4 Å². The maximum absolute atomic E-state index is 13.8. The smallest absolute Gasteiger partial charge is 0.301 e. The van der Waals surface area contributed by atoms with Gasteiger partial charge >= 0.3 is 5.91 Å². The van der Waals surface area contributed by atoms with E-state index in [2.05, 4.69) is 0 Å². The third-order valence-electron chi connectivity index (χ3n) is 7.54. The fraction of sp³-hybridized carbons (Fsp3) is 0.273. The second-order valence-corrected chi connectivity index (χ2v) is 11.6. The van der Waals surface area contributed by atoms with E-state index in [4.69, 9.17) is 19.4 Å². The van der Waals surface area contributed by atoms with Gasteiger partial charge in [-0.15, -0.1) is 0 Å². The maximum atomic E-state index is 13.8. The first-order valence-corrected chi connectivity index (χ1v) is 15.1. The molecule has 1 aliphatic rings. The molecule has 43 heavy (non-hydrogen) atoms. The number of Topliss-reactive ketones (excluding diaryl/α,β-unsaturated/α-hetero) is 1. The summed E-state index contributed by atoms with van der Waals surface area (Å²) < 4.78 is 14.6. The number of thiazole rings is 1. The third kappa shape index (κ3) is 4.81. The lowest BCUT2D eigenvalue weighted by molar-refractivity contribution is -0.132. The molecule has 3 aromatic heterocycles. The maximum Gasteiger partial charge on any atom is 0.301 e. The minimum atomic E-state index is -0.980. The van der Waals surface area contributed by atoms with E-state index in [1.165, 1.54) is 16.2 Å². The van der Waals surface area contributed by atoms with Gasteiger partial charge in [-0.1, -0.05) is 36.5 Å². The summed E-state index contributed by atoms with van der Waals surface area (Å²) in [5.74, 6) is -0.878. The molecule has 0 radical (unpaired) electrons. The van der Waals surface area contributed by atoms with Crippen LogP contribution < -0.4 is 14.4 Å². The van der Waals surface area contributed by atoms with Crippen LogP contribution in [0.25, 0.3) is 21.6 Å². The van der Waals surface area contributed by atoms with Crippen molar-refractivity contribution in [2.45, 2.75) is 47.1 Å². The Morgan fingerprint density at radius 2 is 1.81 bits per heavy atom. The topological polar surface area (TPSA) is 106 Å². The Morgan fingerprint density at radius 3 is 2.56 bits per heavy atom. The van der Waals surface area contributed by atoms with Crippen LogP contribution in [0.3, 0.4) is 0 Å². The molecule has 4 heterocycles. The number of aromatic nitrogens is 3. The van der Waals surface area contributed by atoms with Crippen molar-refractivity contribution in [3.63, 3.8) is 0 Å². The van der Waals surface area contributed by atoms with Crippen molar-refractivity contribution >= 4 is 49.8 Å². The zero-order valence-electron chi connectivity index (χ0n) is 24.7. The van der Waals surface area contributed by atoms with Gasteiger partial charge in [-0.05, 0) is 81.1 Å². The molecule has 0 spiro atoms. The number of ether oxygens (including phenoxy) is 2. The molecule has 220 valence electrons. The van der Waals surface area contributed by atoms with Crippen LogP contribution in [-0.2, 0) is 9.59 Å². The van der Waals surface area contributed by atoms with Crippen LogP contribution in [0.4, 0.5) is 5.13 Å². The van der Waals surface area contributed by atoms with Crippen LogP contribution >= 0.6 is 11.3 Å². The molecule has 5 aromatic rings. The molecule has 9 nitrogen and oxygen atoms in total. The Hall–Kier alpha value is -4.70. The molecular weight excluding hydrogens is 564 g/mol. The van der Waals surface area contributed by atoms with Crippen molar-refractivity contribution in [3.8, 4) is 11.5 Å². The predicted octanol–water partition coefficient (Wildman–Crippen LogP) is 6.68. The molecule has 6 rings (SSSR count). The van der Waals surface area contributed by atoms with Crippen molar-refractivity contribution in [2.24, 2.45) is 0 Å². The van der Waals surface area contributed by atoms with Gasteiger partial charge in [0.05, 0.1) is 40.7 Å². The molecule has 1 unspecified atom stereocenters. The van der Waals surface area contributed by atoms with Crippen LogP contribution in [0.2, 0.25) is 0 Å². The molecule has 0 aliphatic carbocycles. The Morgan fingerprint density at radius 1 is 1.00 bits per heavy atom. The number of hydrogen-bond acceptors (Lipinski definition) is 8. The third-order valence-corrected chi connectivity index (χ3v) is 8.55. The van der Waals surface area contributed by atoms with Crippen LogP contribution in [0, 0.1) is 20.8 Å². The summed E-state index contributed by atoms with van der Waals surface area (Å²) in [4.78, 5) is 38.5. The van der Waals surface area contributed by atoms with Gasteiger partial charge in [-0.3, -0.25) is 14.5 Å². The molecule has 1 atom stereocenters. The molecule has 2 aromatic carbocycles. The highest BCUT2D eigenvalue weighted by Gasteiger charge is 2.49. The number of pyridine rings is 1. The lowest BCUT2D eigenvalue weighted by atomic mass is 9.96. The minimum absolute atomic E-state index is 0.0609. The first-order chi connectivity index (χ1) is 20.7. The number of aliphatic hydroxyl groups is 1. The fourth-order valence-electron chi connectivity index (χ4n) is 5.44. The lowest BCUT2D eigenvalue weighted by Crippen LogP contribution is -2.29. The Labute approximate surface area is 253 Å². The number of aliphatic hydroxyl groups excluding tert-OH is 1. The van der Waals surface area contributed by atoms with Crippen LogP contribution in [0.5, 0.6) is 11.5 Å². The number of benzene rings is 2. The van der Waals surface area contributed by atoms with E-state index in [0.29, 0.717) is 46.7 Å². The Bertz CT molecular complexity index is 1940. The first-order valence-electron chi connectivity index (χ1n) is 14.3. The van der Waals surface area contributed by atoms with Crippen LogP contribution in [0.15, 0.2) is 60.3 Å². The number of carbonyl (C=O) groups excluding carboxylic acids is 2. The van der Waals surface area contributed by atoms with Gasteiger partial charge in [-0.25, -0.2) is 9.97 Å². The summed E-state index contributed by atoms with van der Waals surface area (Å²) >= 11 is 1.32. The molecule has 1 fully saturated rings. The van der Waals surface area contributed by atoms with E-state index in [1.807, 2.05) is 75.5 Å². The molecule has 1 N–H and O–H groups in total. The molecule has 10 heteroatoms. The fourth-order valence-corrected chi connectivity index (χ4v) is 6.53. The van der Waals surface area contributed by atoms with E-state index in [-0.39, 0.29) is 17.0 Å². The minimum Gasteiger partial charge on any atom is -0.505 e. The summed E-state index contributed by atoms with van der Waals surface area (Å²) in [7, 11) is 0. The summed E-state index contributed by atoms with van der Waals surface area (Å²) in [5, 5.41) is 12.2. The number of fused-ring (bicyclic) bond motifs is 2.